The van der Waals surface area contributed by atoms with Crippen LogP contribution in [0.4, 0.5) is 10.8 Å². The van der Waals surface area contributed by atoms with Crippen LogP contribution in [0.2, 0.25) is 0 Å². The van der Waals surface area contributed by atoms with E-state index in [1.807, 2.05) is 66.7 Å². The van der Waals surface area contributed by atoms with Crippen LogP contribution in [-0.4, -0.2) is 16.8 Å². The van der Waals surface area contributed by atoms with Gasteiger partial charge in [0.15, 0.2) is 10.9 Å². The number of rotatable bonds is 5. The van der Waals surface area contributed by atoms with Crippen LogP contribution in [0.5, 0.6) is 0 Å². The standard InChI is InChI=1S/C25H17N3O3S/c29-23(18-10-8-17(9-11-18)16-5-2-1-3-6-16)26-19-12-13-20-22(15-19)32-25(27-20)28-24(30)21-7-4-14-31-21/h1-15H,(H,26,29)(H,27,28,30). The van der Waals surface area contributed by atoms with Crippen molar-refractivity contribution in [3.63, 3.8) is 0 Å². The van der Waals surface area contributed by atoms with E-state index >= 15 is 0 Å². The molecule has 0 atom stereocenters. The number of hydrogen-bond donors (Lipinski definition) is 2. The largest absolute Gasteiger partial charge is 0.459 e. The van der Waals surface area contributed by atoms with Crippen molar-refractivity contribution in [1.29, 1.82) is 0 Å². The molecule has 156 valence electrons. The highest BCUT2D eigenvalue weighted by atomic mass is 32.1. The summed E-state index contributed by atoms with van der Waals surface area (Å²) in [6, 6.07) is 26.2. The topological polar surface area (TPSA) is 84.2 Å². The summed E-state index contributed by atoms with van der Waals surface area (Å²) < 4.78 is 5.94. The van der Waals surface area contributed by atoms with Crippen molar-refractivity contribution in [3.8, 4) is 11.1 Å². The molecule has 0 radical (unpaired) electrons. The Labute approximate surface area is 187 Å². The highest BCUT2D eigenvalue weighted by Gasteiger charge is 2.13. The number of amides is 2. The number of nitrogens with one attached hydrogen (secondary N) is 2. The molecule has 0 fully saturated rings. The van der Waals surface area contributed by atoms with Gasteiger partial charge in [0.1, 0.15) is 0 Å². The molecule has 0 bridgehead atoms. The first-order valence-electron chi connectivity index (χ1n) is 9.88. The number of thiazole rings is 1. The van der Waals surface area contributed by atoms with Crippen molar-refractivity contribution in [2.75, 3.05) is 10.6 Å². The van der Waals surface area contributed by atoms with E-state index in [1.54, 1.807) is 18.2 Å². The minimum absolute atomic E-state index is 0.195. The van der Waals surface area contributed by atoms with E-state index in [1.165, 1.54) is 17.6 Å². The van der Waals surface area contributed by atoms with Crippen LogP contribution in [-0.2, 0) is 0 Å². The Morgan fingerprint density at radius 1 is 0.781 bits per heavy atom. The van der Waals surface area contributed by atoms with Crippen molar-refractivity contribution < 1.29 is 14.0 Å². The van der Waals surface area contributed by atoms with Gasteiger partial charge in [-0.3, -0.25) is 14.9 Å². The lowest BCUT2D eigenvalue weighted by Crippen LogP contribution is -2.11. The van der Waals surface area contributed by atoms with Gasteiger partial charge >= 0.3 is 0 Å². The lowest BCUT2D eigenvalue weighted by atomic mass is 10.0. The van der Waals surface area contributed by atoms with Gasteiger partial charge < -0.3 is 9.73 Å². The molecule has 0 aliphatic carbocycles. The highest BCUT2D eigenvalue weighted by Crippen LogP contribution is 2.29. The zero-order valence-electron chi connectivity index (χ0n) is 16.7. The number of aromatic nitrogens is 1. The molecule has 2 amide bonds. The van der Waals surface area contributed by atoms with Crippen molar-refractivity contribution in [1.82, 2.24) is 4.98 Å². The van der Waals surface area contributed by atoms with E-state index in [0.717, 1.165) is 21.3 Å². The number of hydrogen-bond acceptors (Lipinski definition) is 5. The monoisotopic (exact) mass is 439 g/mol. The number of fused-ring (bicyclic) bond motifs is 1. The maximum absolute atomic E-state index is 12.7. The number of anilines is 2. The maximum Gasteiger partial charge on any atom is 0.293 e. The van der Waals surface area contributed by atoms with Crippen LogP contribution in [0.1, 0.15) is 20.9 Å². The molecule has 0 aliphatic rings. The van der Waals surface area contributed by atoms with Crippen molar-refractivity contribution in [2.24, 2.45) is 0 Å². The lowest BCUT2D eigenvalue weighted by molar-refractivity contribution is 0.0994. The normalized spacial score (nSPS) is 10.8. The van der Waals surface area contributed by atoms with E-state index < -0.39 is 0 Å². The van der Waals surface area contributed by atoms with Crippen LogP contribution >= 0.6 is 11.3 Å². The fourth-order valence-electron chi connectivity index (χ4n) is 3.27. The number of nitrogens with zero attached hydrogens (tertiary/aromatic N) is 1. The first-order chi connectivity index (χ1) is 15.7. The molecule has 2 heterocycles. The van der Waals surface area contributed by atoms with Crippen LogP contribution < -0.4 is 10.6 Å². The third-order valence-electron chi connectivity index (χ3n) is 4.87. The third kappa shape index (κ3) is 4.14. The fraction of sp³-hybridized carbons (Fsp3) is 0. The van der Waals surface area contributed by atoms with Crippen molar-refractivity contribution >= 4 is 44.2 Å². The Morgan fingerprint density at radius 2 is 1.56 bits per heavy atom. The SMILES string of the molecule is O=C(Nc1ccc2nc(NC(=O)c3ccco3)sc2c1)c1ccc(-c2ccccc2)cc1. The van der Waals surface area contributed by atoms with E-state index in [-0.39, 0.29) is 17.6 Å². The molecule has 3 aromatic carbocycles. The second kappa shape index (κ2) is 8.49. The predicted molar refractivity (Wildman–Crippen MR) is 126 cm³/mol. The van der Waals surface area contributed by atoms with Gasteiger partial charge in [-0.25, -0.2) is 4.98 Å². The molecule has 0 unspecified atom stereocenters. The van der Waals surface area contributed by atoms with Gasteiger partial charge in [-0.15, -0.1) is 0 Å². The fourth-order valence-corrected chi connectivity index (χ4v) is 4.17. The van der Waals surface area contributed by atoms with Gasteiger partial charge in [-0.05, 0) is 53.6 Å². The molecule has 0 saturated carbocycles. The molecule has 0 aliphatic heterocycles. The molecule has 2 aromatic heterocycles. The molecule has 5 rings (SSSR count). The molecule has 0 saturated heterocycles. The first-order valence-corrected chi connectivity index (χ1v) is 10.7. The van der Waals surface area contributed by atoms with E-state index in [9.17, 15) is 9.59 Å². The molecule has 5 aromatic rings. The Kier molecular flexibility index (Phi) is 5.23. The number of furan rings is 1. The minimum Gasteiger partial charge on any atom is -0.459 e. The summed E-state index contributed by atoms with van der Waals surface area (Å²) in [7, 11) is 0. The molecule has 32 heavy (non-hydrogen) atoms. The zero-order valence-corrected chi connectivity index (χ0v) is 17.6. The summed E-state index contributed by atoms with van der Waals surface area (Å²) in [4.78, 5) is 29.2. The van der Waals surface area contributed by atoms with E-state index in [2.05, 4.69) is 15.6 Å². The summed E-state index contributed by atoms with van der Waals surface area (Å²) in [5, 5.41) is 6.11. The van der Waals surface area contributed by atoms with E-state index in [0.29, 0.717) is 16.4 Å². The quantitative estimate of drug-likeness (QED) is 0.349. The summed E-state index contributed by atoms with van der Waals surface area (Å²) in [5.41, 5.74) is 4.11. The molecule has 7 heteroatoms. The Balaban J connectivity index is 1.29. The summed E-state index contributed by atoms with van der Waals surface area (Å²) >= 11 is 1.32. The number of benzene rings is 3. The van der Waals surface area contributed by atoms with Gasteiger partial charge in [-0.1, -0.05) is 53.8 Å². The Hall–Kier alpha value is -4.23. The summed E-state index contributed by atoms with van der Waals surface area (Å²) in [6.45, 7) is 0. The molecular weight excluding hydrogens is 422 g/mol. The first kappa shape index (κ1) is 19.7. The number of carbonyl (C=O) groups excluding carboxylic acids is 2. The van der Waals surface area contributed by atoms with Gasteiger partial charge in [0.25, 0.3) is 11.8 Å². The van der Waals surface area contributed by atoms with Crippen LogP contribution in [0, 0.1) is 0 Å². The number of carbonyl (C=O) groups is 2. The lowest BCUT2D eigenvalue weighted by Gasteiger charge is -2.07. The predicted octanol–water partition coefficient (Wildman–Crippen LogP) is 6.06. The summed E-state index contributed by atoms with van der Waals surface area (Å²) in [6.07, 6.45) is 1.44. The van der Waals surface area contributed by atoms with Gasteiger partial charge in [-0.2, -0.15) is 0 Å². The Morgan fingerprint density at radius 3 is 2.31 bits per heavy atom. The second-order valence-electron chi connectivity index (χ2n) is 7.03. The van der Waals surface area contributed by atoms with Crippen LogP contribution in [0.25, 0.3) is 21.3 Å². The Bertz CT molecular complexity index is 1390. The minimum atomic E-state index is -0.360. The van der Waals surface area contributed by atoms with Crippen LogP contribution in [0.15, 0.2) is 95.6 Å². The second-order valence-corrected chi connectivity index (χ2v) is 8.06. The highest BCUT2D eigenvalue weighted by molar-refractivity contribution is 7.22. The maximum atomic E-state index is 12.7. The van der Waals surface area contributed by atoms with E-state index in [4.69, 9.17) is 4.42 Å². The zero-order chi connectivity index (χ0) is 21.9. The van der Waals surface area contributed by atoms with Gasteiger partial charge in [0, 0.05) is 11.3 Å². The van der Waals surface area contributed by atoms with Gasteiger partial charge in [0.05, 0.1) is 16.5 Å². The smallest absolute Gasteiger partial charge is 0.293 e. The average molecular weight is 439 g/mol. The molecule has 2 N–H and O–H groups in total. The van der Waals surface area contributed by atoms with Crippen molar-refractivity contribution in [3.05, 3.63) is 103 Å². The van der Waals surface area contributed by atoms with Crippen LogP contribution in [0.3, 0.4) is 0 Å². The molecular formula is C25H17N3O3S. The summed E-state index contributed by atoms with van der Waals surface area (Å²) in [5.74, 6) is -0.336. The molecule has 0 spiro atoms. The molecule has 6 nitrogen and oxygen atoms in total. The third-order valence-corrected chi connectivity index (χ3v) is 5.80. The average Bonchev–Trinajstić information content (AvgIpc) is 3.49. The van der Waals surface area contributed by atoms with Gasteiger partial charge in [0.2, 0.25) is 0 Å². The van der Waals surface area contributed by atoms with Crippen molar-refractivity contribution in [2.45, 2.75) is 0 Å².